The fraction of sp³-hybridized carbons (Fsp3) is 0.222. The molecule has 0 radical (unpaired) electrons. The maximum absolute atomic E-state index is 10.3. The van der Waals surface area contributed by atoms with E-state index in [1.807, 2.05) is 18.2 Å². The Morgan fingerprint density at radius 3 is 2.85 bits per heavy atom. The molecule has 0 atom stereocenters. The minimum absolute atomic E-state index is 0.143. The van der Waals surface area contributed by atoms with E-state index in [4.69, 9.17) is 5.11 Å². The van der Waals surface area contributed by atoms with E-state index < -0.39 is 5.97 Å². The highest BCUT2D eigenvalue weighted by Gasteiger charge is 2.03. The van der Waals surface area contributed by atoms with E-state index in [0.29, 0.717) is 6.42 Å². The maximum atomic E-state index is 10.3. The Bertz CT molecular complexity index is 325. The second-order valence-electron chi connectivity index (χ2n) is 2.67. The quantitative estimate of drug-likeness (QED) is 0.821. The fourth-order valence-electron chi connectivity index (χ4n) is 0.996. The molecular weight excluding hydrogens is 252 g/mol. The van der Waals surface area contributed by atoms with Gasteiger partial charge in [-0.2, -0.15) is 0 Å². The minimum Gasteiger partial charge on any atom is -0.481 e. The van der Waals surface area contributed by atoms with Gasteiger partial charge in [0.1, 0.15) is 0 Å². The molecular formula is C9H9BrO2S. The topological polar surface area (TPSA) is 37.3 Å². The fourth-order valence-corrected chi connectivity index (χ4v) is 1.66. The first-order valence-electron chi connectivity index (χ1n) is 3.79. The predicted octanol–water partition coefficient (Wildman–Crippen LogP) is 2.76. The normalized spacial score (nSPS) is 10.0. The van der Waals surface area contributed by atoms with Crippen molar-refractivity contribution in [2.45, 2.75) is 17.7 Å². The number of halogens is 1. The Morgan fingerprint density at radius 2 is 2.23 bits per heavy atom. The summed E-state index contributed by atoms with van der Waals surface area (Å²) in [6.45, 7) is 0. The summed E-state index contributed by atoms with van der Waals surface area (Å²) in [5.74, 6) is -0.785. The van der Waals surface area contributed by atoms with Gasteiger partial charge in [-0.3, -0.25) is 4.79 Å². The molecule has 0 bridgehead atoms. The molecule has 0 amide bonds. The van der Waals surface area contributed by atoms with Crippen LogP contribution in [0.4, 0.5) is 0 Å². The third-order valence-electron chi connectivity index (χ3n) is 1.65. The van der Waals surface area contributed by atoms with E-state index in [-0.39, 0.29) is 6.42 Å². The largest absolute Gasteiger partial charge is 0.481 e. The molecule has 1 aromatic rings. The molecule has 13 heavy (non-hydrogen) atoms. The number of carbonyl (C=O) groups is 1. The summed E-state index contributed by atoms with van der Waals surface area (Å²) in [4.78, 5) is 11.2. The lowest BCUT2D eigenvalue weighted by atomic mass is 10.1. The lowest BCUT2D eigenvalue weighted by Crippen LogP contribution is -1.98. The number of hydrogen-bond donors (Lipinski definition) is 2. The van der Waals surface area contributed by atoms with Crippen LogP contribution < -0.4 is 0 Å². The van der Waals surface area contributed by atoms with Gasteiger partial charge in [-0.05, 0) is 30.2 Å². The van der Waals surface area contributed by atoms with E-state index in [1.54, 1.807) is 0 Å². The molecule has 0 heterocycles. The summed E-state index contributed by atoms with van der Waals surface area (Å²) in [5, 5.41) is 8.50. The van der Waals surface area contributed by atoms with Crippen LogP contribution >= 0.6 is 28.6 Å². The van der Waals surface area contributed by atoms with Crippen molar-refractivity contribution in [3.05, 3.63) is 28.2 Å². The molecule has 1 rings (SSSR count). The van der Waals surface area contributed by atoms with Crippen LogP contribution in [-0.2, 0) is 11.2 Å². The van der Waals surface area contributed by atoms with Gasteiger partial charge in [0.2, 0.25) is 0 Å². The Morgan fingerprint density at radius 1 is 1.54 bits per heavy atom. The molecule has 1 N–H and O–H groups in total. The second-order valence-corrected chi connectivity index (χ2v) is 4.06. The molecule has 0 aliphatic heterocycles. The number of benzene rings is 1. The van der Waals surface area contributed by atoms with Crippen LogP contribution in [-0.4, -0.2) is 11.1 Å². The molecule has 0 saturated heterocycles. The van der Waals surface area contributed by atoms with E-state index in [2.05, 4.69) is 28.6 Å². The van der Waals surface area contributed by atoms with Crippen molar-refractivity contribution < 1.29 is 9.90 Å². The van der Waals surface area contributed by atoms with E-state index in [1.165, 1.54) is 0 Å². The van der Waals surface area contributed by atoms with E-state index >= 15 is 0 Å². The van der Waals surface area contributed by atoms with Gasteiger partial charge in [0.25, 0.3) is 0 Å². The Balaban J connectivity index is 2.75. The molecule has 0 saturated carbocycles. The molecule has 2 nitrogen and oxygen atoms in total. The molecule has 0 aliphatic rings. The van der Waals surface area contributed by atoms with Crippen LogP contribution in [0.3, 0.4) is 0 Å². The highest BCUT2D eigenvalue weighted by molar-refractivity contribution is 9.10. The van der Waals surface area contributed by atoms with Gasteiger partial charge in [-0.1, -0.05) is 15.9 Å². The standard InChI is InChI=1S/C9H9BrO2S/c10-7-2-3-8(13)6(5-7)1-4-9(11)12/h2-3,5,13H,1,4H2,(H,11,12). The van der Waals surface area contributed by atoms with Crippen molar-refractivity contribution in [3.8, 4) is 0 Å². The summed E-state index contributed by atoms with van der Waals surface area (Å²) < 4.78 is 0.950. The molecule has 0 aliphatic carbocycles. The lowest BCUT2D eigenvalue weighted by molar-refractivity contribution is -0.136. The SMILES string of the molecule is O=C(O)CCc1cc(Br)ccc1S. The Hall–Kier alpha value is -0.480. The van der Waals surface area contributed by atoms with E-state index in [0.717, 1.165) is 14.9 Å². The first-order valence-corrected chi connectivity index (χ1v) is 5.03. The molecule has 0 fully saturated rings. The van der Waals surface area contributed by atoms with Crippen molar-refractivity contribution >= 4 is 34.5 Å². The third-order valence-corrected chi connectivity index (χ3v) is 2.58. The summed E-state index contributed by atoms with van der Waals surface area (Å²) in [7, 11) is 0. The van der Waals surface area contributed by atoms with Crippen LogP contribution in [0.5, 0.6) is 0 Å². The van der Waals surface area contributed by atoms with Crippen LogP contribution in [0, 0.1) is 0 Å². The number of carboxylic acids is 1. The lowest BCUT2D eigenvalue weighted by Gasteiger charge is -2.03. The van der Waals surface area contributed by atoms with Gasteiger partial charge in [-0.25, -0.2) is 0 Å². The number of rotatable bonds is 3. The van der Waals surface area contributed by atoms with Crippen molar-refractivity contribution in [3.63, 3.8) is 0 Å². The number of thiol groups is 1. The van der Waals surface area contributed by atoms with Crippen molar-refractivity contribution in [1.82, 2.24) is 0 Å². The molecule has 0 spiro atoms. The Labute approximate surface area is 90.5 Å². The Kier molecular flexibility index (Phi) is 3.81. The first kappa shape index (κ1) is 10.6. The summed E-state index contributed by atoms with van der Waals surface area (Å²) in [5.41, 5.74) is 0.958. The van der Waals surface area contributed by atoms with Crippen molar-refractivity contribution in [2.24, 2.45) is 0 Å². The average Bonchev–Trinajstić information content (AvgIpc) is 2.06. The minimum atomic E-state index is -0.785. The highest BCUT2D eigenvalue weighted by atomic mass is 79.9. The molecule has 1 aromatic carbocycles. The van der Waals surface area contributed by atoms with Crippen molar-refractivity contribution in [2.75, 3.05) is 0 Å². The van der Waals surface area contributed by atoms with Gasteiger partial charge in [0.15, 0.2) is 0 Å². The number of hydrogen-bond acceptors (Lipinski definition) is 2. The average molecular weight is 261 g/mol. The molecule has 0 unspecified atom stereocenters. The summed E-state index contributed by atoms with van der Waals surface area (Å²) in [6, 6.07) is 5.63. The van der Waals surface area contributed by atoms with Crippen LogP contribution in [0.15, 0.2) is 27.6 Å². The van der Waals surface area contributed by atoms with Gasteiger partial charge in [0.05, 0.1) is 0 Å². The van der Waals surface area contributed by atoms with Gasteiger partial charge < -0.3 is 5.11 Å². The summed E-state index contributed by atoms with van der Waals surface area (Å²) in [6.07, 6.45) is 0.664. The first-order chi connectivity index (χ1) is 6.09. The molecule has 4 heteroatoms. The zero-order valence-corrected chi connectivity index (χ0v) is 9.31. The zero-order valence-electron chi connectivity index (χ0n) is 6.83. The number of aliphatic carboxylic acids is 1. The number of carboxylic acid groups (broad SMARTS) is 1. The van der Waals surface area contributed by atoms with Gasteiger partial charge in [-0.15, -0.1) is 12.6 Å². The van der Waals surface area contributed by atoms with Crippen LogP contribution in [0.1, 0.15) is 12.0 Å². The van der Waals surface area contributed by atoms with Crippen LogP contribution in [0.25, 0.3) is 0 Å². The molecule has 70 valence electrons. The smallest absolute Gasteiger partial charge is 0.303 e. The van der Waals surface area contributed by atoms with Gasteiger partial charge in [0, 0.05) is 15.8 Å². The molecule has 0 aromatic heterocycles. The van der Waals surface area contributed by atoms with Crippen molar-refractivity contribution in [1.29, 1.82) is 0 Å². The maximum Gasteiger partial charge on any atom is 0.303 e. The highest BCUT2D eigenvalue weighted by Crippen LogP contribution is 2.20. The zero-order chi connectivity index (χ0) is 9.84. The predicted molar refractivity (Wildman–Crippen MR) is 57.4 cm³/mol. The second kappa shape index (κ2) is 4.67. The van der Waals surface area contributed by atoms with Crippen LogP contribution in [0.2, 0.25) is 0 Å². The van der Waals surface area contributed by atoms with E-state index in [9.17, 15) is 4.79 Å². The third kappa shape index (κ3) is 3.40. The summed E-state index contributed by atoms with van der Waals surface area (Å²) >= 11 is 7.56. The monoisotopic (exact) mass is 260 g/mol. The number of aryl methyl sites for hydroxylation is 1. The van der Waals surface area contributed by atoms with Gasteiger partial charge >= 0.3 is 5.97 Å².